The van der Waals surface area contributed by atoms with Gasteiger partial charge in [0.05, 0.1) is 6.10 Å². The zero-order valence-electron chi connectivity index (χ0n) is 7.23. The van der Waals surface area contributed by atoms with Crippen LogP contribution in [0.25, 0.3) is 0 Å². The highest BCUT2D eigenvalue weighted by atomic mass is 16.3. The second-order valence-electron chi connectivity index (χ2n) is 3.22. The van der Waals surface area contributed by atoms with Gasteiger partial charge in [-0.3, -0.25) is 4.79 Å². The molecule has 0 aromatic carbocycles. The van der Waals surface area contributed by atoms with Crippen LogP contribution in [-0.2, 0) is 4.79 Å². The third kappa shape index (κ3) is 1.95. The molecule has 70 valence electrons. The van der Waals surface area contributed by atoms with Crippen LogP contribution < -0.4 is 0 Å². The Balaban J connectivity index is 2.45. The minimum absolute atomic E-state index is 0.345. The van der Waals surface area contributed by atoms with Crippen LogP contribution in [0.4, 0.5) is 0 Å². The molecule has 0 aromatic heterocycles. The molecule has 0 aliphatic carbocycles. The summed E-state index contributed by atoms with van der Waals surface area (Å²) in [5.74, 6) is -0.345. The van der Waals surface area contributed by atoms with Crippen molar-refractivity contribution in [1.82, 2.24) is 4.90 Å². The van der Waals surface area contributed by atoms with Crippen LogP contribution in [0.1, 0.15) is 19.8 Å². The van der Waals surface area contributed by atoms with E-state index in [0.717, 1.165) is 12.8 Å². The zero-order valence-corrected chi connectivity index (χ0v) is 7.23. The summed E-state index contributed by atoms with van der Waals surface area (Å²) in [4.78, 5) is 12.9. The van der Waals surface area contributed by atoms with Crippen molar-refractivity contribution in [1.29, 1.82) is 0 Å². The summed E-state index contributed by atoms with van der Waals surface area (Å²) in [6, 6.07) is 0. The molecule has 1 fully saturated rings. The van der Waals surface area contributed by atoms with Crippen LogP contribution in [0.5, 0.6) is 0 Å². The Labute approximate surface area is 71.8 Å². The van der Waals surface area contributed by atoms with Gasteiger partial charge in [0, 0.05) is 13.1 Å². The van der Waals surface area contributed by atoms with Crippen molar-refractivity contribution in [2.45, 2.75) is 32.0 Å². The number of likely N-dealkylation sites (tertiary alicyclic amines) is 1. The van der Waals surface area contributed by atoms with E-state index in [4.69, 9.17) is 5.11 Å². The van der Waals surface area contributed by atoms with Crippen LogP contribution >= 0.6 is 0 Å². The molecule has 0 spiro atoms. The number of nitrogens with zero attached hydrogens (tertiary/aromatic N) is 1. The van der Waals surface area contributed by atoms with Gasteiger partial charge in [0.15, 0.2) is 6.10 Å². The summed E-state index contributed by atoms with van der Waals surface area (Å²) in [6.45, 7) is 2.84. The van der Waals surface area contributed by atoms with Gasteiger partial charge in [0.2, 0.25) is 0 Å². The SMILES string of the molecule is CC(O)C(O)C(=O)N1CCCC1. The van der Waals surface area contributed by atoms with Gasteiger partial charge in [0.25, 0.3) is 5.91 Å². The standard InChI is InChI=1S/C8H15NO3/c1-6(10)7(11)8(12)9-4-2-3-5-9/h6-7,10-11H,2-5H2,1H3. The maximum absolute atomic E-state index is 11.3. The number of hydrogen-bond donors (Lipinski definition) is 2. The van der Waals surface area contributed by atoms with Gasteiger partial charge in [-0.1, -0.05) is 0 Å². The van der Waals surface area contributed by atoms with Gasteiger partial charge in [-0.05, 0) is 19.8 Å². The Hall–Kier alpha value is -0.610. The summed E-state index contributed by atoms with van der Waals surface area (Å²) in [7, 11) is 0. The van der Waals surface area contributed by atoms with Crippen LogP contribution in [-0.4, -0.2) is 46.3 Å². The second kappa shape index (κ2) is 3.87. The highest BCUT2D eigenvalue weighted by Gasteiger charge is 2.27. The third-order valence-electron chi connectivity index (χ3n) is 2.13. The summed E-state index contributed by atoms with van der Waals surface area (Å²) in [6.07, 6.45) is -0.225. The maximum Gasteiger partial charge on any atom is 0.254 e. The molecule has 4 heteroatoms. The Morgan fingerprint density at radius 2 is 1.83 bits per heavy atom. The number of rotatable bonds is 2. The highest BCUT2D eigenvalue weighted by molar-refractivity contribution is 5.81. The molecule has 1 rings (SSSR count). The molecule has 1 heterocycles. The van der Waals surface area contributed by atoms with E-state index >= 15 is 0 Å². The van der Waals surface area contributed by atoms with E-state index in [1.54, 1.807) is 4.90 Å². The summed E-state index contributed by atoms with van der Waals surface area (Å²) in [5.41, 5.74) is 0. The van der Waals surface area contributed by atoms with Crippen molar-refractivity contribution in [2.75, 3.05) is 13.1 Å². The summed E-state index contributed by atoms with van der Waals surface area (Å²) < 4.78 is 0. The molecule has 2 atom stereocenters. The molecule has 0 bridgehead atoms. The normalized spacial score (nSPS) is 22.4. The predicted octanol–water partition coefficient (Wildman–Crippen LogP) is -0.650. The first kappa shape index (κ1) is 9.48. The molecule has 0 aromatic rings. The number of aliphatic hydroxyl groups is 2. The van der Waals surface area contributed by atoms with Gasteiger partial charge in [-0.25, -0.2) is 0 Å². The summed E-state index contributed by atoms with van der Waals surface area (Å²) in [5, 5.41) is 18.2. The van der Waals surface area contributed by atoms with E-state index in [1.807, 2.05) is 0 Å². The molecule has 4 nitrogen and oxygen atoms in total. The maximum atomic E-state index is 11.3. The second-order valence-corrected chi connectivity index (χ2v) is 3.22. The fourth-order valence-electron chi connectivity index (χ4n) is 1.33. The Morgan fingerprint density at radius 3 is 2.25 bits per heavy atom. The van der Waals surface area contributed by atoms with E-state index in [2.05, 4.69) is 0 Å². The quantitative estimate of drug-likeness (QED) is 0.583. The molecule has 0 saturated carbocycles. The van der Waals surface area contributed by atoms with Gasteiger partial charge in [0.1, 0.15) is 0 Å². The number of aliphatic hydroxyl groups excluding tert-OH is 2. The van der Waals surface area contributed by atoms with E-state index in [9.17, 15) is 9.90 Å². The molecular weight excluding hydrogens is 158 g/mol. The number of carbonyl (C=O) groups is 1. The Bertz CT molecular complexity index is 160. The molecule has 2 unspecified atom stereocenters. The lowest BCUT2D eigenvalue weighted by atomic mass is 10.2. The average molecular weight is 173 g/mol. The monoisotopic (exact) mass is 173 g/mol. The smallest absolute Gasteiger partial charge is 0.254 e. The molecule has 1 aliphatic rings. The molecule has 1 saturated heterocycles. The molecule has 2 N–H and O–H groups in total. The van der Waals surface area contributed by atoms with Crippen molar-refractivity contribution in [3.63, 3.8) is 0 Å². The lowest BCUT2D eigenvalue weighted by Gasteiger charge is -2.20. The van der Waals surface area contributed by atoms with Gasteiger partial charge < -0.3 is 15.1 Å². The fourth-order valence-corrected chi connectivity index (χ4v) is 1.33. The zero-order chi connectivity index (χ0) is 9.14. The van der Waals surface area contributed by atoms with Gasteiger partial charge in [-0.2, -0.15) is 0 Å². The fraction of sp³-hybridized carbons (Fsp3) is 0.875. The first-order valence-electron chi connectivity index (χ1n) is 4.28. The van der Waals surface area contributed by atoms with Crippen molar-refractivity contribution < 1.29 is 15.0 Å². The topological polar surface area (TPSA) is 60.8 Å². The van der Waals surface area contributed by atoms with Crippen molar-refractivity contribution >= 4 is 5.91 Å². The molecule has 1 aliphatic heterocycles. The van der Waals surface area contributed by atoms with E-state index < -0.39 is 12.2 Å². The molecular formula is C8H15NO3. The molecule has 1 amide bonds. The molecule has 12 heavy (non-hydrogen) atoms. The van der Waals surface area contributed by atoms with Crippen LogP contribution in [0.2, 0.25) is 0 Å². The predicted molar refractivity (Wildman–Crippen MR) is 43.5 cm³/mol. The Morgan fingerprint density at radius 1 is 1.33 bits per heavy atom. The van der Waals surface area contributed by atoms with E-state index in [1.165, 1.54) is 6.92 Å². The number of amides is 1. The minimum atomic E-state index is -1.25. The van der Waals surface area contributed by atoms with E-state index in [0.29, 0.717) is 13.1 Å². The lowest BCUT2D eigenvalue weighted by molar-refractivity contribution is -0.144. The lowest BCUT2D eigenvalue weighted by Crippen LogP contribution is -2.42. The summed E-state index contributed by atoms with van der Waals surface area (Å²) >= 11 is 0. The van der Waals surface area contributed by atoms with E-state index in [-0.39, 0.29) is 5.91 Å². The van der Waals surface area contributed by atoms with Crippen LogP contribution in [0, 0.1) is 0 Å². The Kier molecular flexibility index (Phi) is 3.05. The number of hydrogen-bond acceptors (Lipinski definition) is 3. The first-order valence-corrected chi connectivity index (χ1v) is 4.28. The highest BCUT2D eigenvalue weighted by Crippen LogP contribution is 2.10. The third-order valence-corrected chi connectivity index (χ3v) is 2.13. The van der Waals surface area contributed by atoms with Gasteiger partial charge >= 0.3 is 0 Å². The largest absolute Gasteiger partial charge is 0.390 e. The minimum Gasteiger partial charge on any atom is -0.390 e. The molecule has 0 radical (unpaired) electrons. The average Bonchev–Trinajstić information content (AvgIpc) is 2.53. The van der Waals surface area contributed by atoms with Crippen molar-refractivity contribution in [2.24, 2.45) is 0 Å². The van der Waals surface area contributed by atoms with Crippen molar-refractivity contribution in [3.05, 3.63) is 0 Å². The van der Waals surface area contributed by atoms with Crippen LogP contribution in [0.3, 0.4) is 0 Å². The first-order chi connectivity index (χ1) is 5.63. The van der Waals surface area contributed by atoms with Crippen LogP contribution in [0.15, 0.2) is 0 Å². The van der Waals surface area contributed by atoms with Crippen molar-refractivity contribution in [3.8, 4) is 0 Å². The number of carbonyl (C=O) groups excluding carboxylic acids is 1. The van der Waals surface area contributed by atoms with Gasteiger partial charge in [-0.15, -0.1) is 0 Å².